The Labute approximate surface area is 77.9 Å². The summed E-state index contributed by atoms with van der Waals surface area (Å²) in [4.78, 5) is 0. The van der Waals surface area contributed by atoms with Gasteiger partial charge in [0.15, 0.2) is 0 Å². The lowest BCUT2D eigenvalue weighted by Crippen LogP contribution is -2.32. The summed E-state index contributed by atoms with van der Waals surface area (Å²) in [5.41, 5.74) is 0. The molecule has 1 atom stereocenters. The first-order chi connectivity index (χ1) is 6.42. The van der Waals surface area contributed by atoms with Crippen LogP contribution in [0.1, 0.15) is 18.9 Å². The van der Waals surface area contributed by atoms with Crippen molar-refractivity contribution in [3.05, 3.63) is 12.3 Å². The number of nitrogens with zero attached hydrogens (tertiary/aromatic N) is 2. The van der Waals surface area contributed by atoms with Crippen molar-refractivity contribution in [2.24, 2.45) is 0 Å². The Hall–Kier alpha value is -1.03. The highest BCUT2D eigenvalue weighted by molar-refractivity contribution is 5.09. The normalized spacial score (nSPS) is 23.0. The number of rotatable bonds is 2. The smallest absolute Gasteiger partial charge is 0.211 e. The molecule has 1 fully saturated rings. The molecule has 0 aliphatic carbocycles. The predicted octanol–water partition coefficient (Wildman–Crippen LogP) is 0.816. The average molecular weight is 181 g/mol. The van der Waals surface area contributed by atoms with Crippen LogP contribution in [0.3, 0.4) is 0 Å². The monoisotopic (exact) mass is 181 g/mol. The van der Waals surface area contributed by atoms with Crippen LogP contribution in [-0.2, 0) is 0 Å². The molecule has 4 nitrogen and oxygen atoms in total. The minimum Gasteiger partial charge on any atom is -0.481 e. The number of hydrogen-bond acceptors (Lipinski definition) is 3. The second-order valence-corrected chi connectivity index (χ2v) is 3.32. The molecular weight excluding hydrogens is 166 g/mol. The number of ether oxygens (including phenoxy) is 1. The van der Waals surface area contributed by atoms with Crippen LogP contribution in [0.15, 0.2) is 12.3 Å². The Balaban J connectivity index is 2.13. The summed E-state index contributed by atoms with van der Waals surface area (Å²) >= 11 is 0. The second-order valence-electron chi connectivity index (χ2n) is 3.32. The van der Waals surface area contributed by atoms with Crippen LogP contribution < -0.4 is 10.1 Å². The van der Waals surface area contributed by atoms with E-state index in [2.05, 4.69) is 10.4 Å². The van der Waals surface area contributed by atoms with E-state index in [1.807, 2.05) is 10.7 Å². The van der Waals surface area contributed by atoms with Crippen molar-refractivity contribution >= 4 is 0 Å². The molecule has 0 amide bonds. The van der Waals surface area contributed by atoms with Crippen molar-refractivity contribution in [3.63, 3.8) is 0 Å². The molecular formula is C9H15N3O. The van der Waals surface area contributed by atoms with Gasteiger partial charge in [-0.3, -0.25) is 0 Å². The molecule has 4 heteroatoms. The molecule has 2 rings (SSSR count). The largest absolute Gasteiger partial charge is 0.481 e. The summed E-state index contributed by atoms with van der Waals surface area (Å²) in [7, 11) is 1.68. The first-order valence-corrected chi connectivity index (χ1v) is 4.70. The molecule has 72 valence electrons. The van der Waals surface area contributed by atoms with Crippen LogP contribution in [0.5, 0.6) is 5.88 Å². The standard InChI is InChI=1S/C9H15N3O/c1-13-9-4-6-11-12(9)8-3-2-5-10-7-8/h4,6,8,10H,2-3,5,7H2,1H3. The maximum atomic E-state index is 5.21. The van der Waals surface area contributed by atoms with E-state index in [0.29, 0.717) is 6.04 Å². The molecule has 1 aromatic heterocycles. The lowest BCUT2D eigenvalue weighted by molar-refractivity contribution is 0.291. The molecule has 1 unspecified atom stereocenters. The molecule has 1 aliphatic heterocycles. The molecule has 0 radical (unpaired) electrons. The van der Waals surface area contributed by atoms with E-state index in [9.17, 15) is 0 Å². The summed E-state index contributed by atoms with van der Waals surface area (Å²) in [6, 6.07) is 2.35. The maximum Gasteiger partial charge on any atom is 0.211 e. The van der Waals surface area contributed by atoms with Gasteiger partial charge in [0, 0.05) is 12.6 Å². The van der Waals surface area contributed by atoms with E-state index in [1.54, 1.807) is 13.3 Å². The molecule has 1 N–H and O–H groups in total. The van der Waals surface area contributed by atoms with Crippen molar-refractivity contribution in [2.75, 3.05) is 20.2 Å². The van der Waals surface area contributed by atoms with E-state index >= 15 is 0 Å². The zero-order valence-corrected chi connectivity index (χ0v) is 7.86. The Morgan fingerprint density at radius 2 is 2.62 bits per heavy atom. The average Bonchev–Trinajstić information content (AvgIpc) is 2.67. The van der Waals surface area contributed by atoms with Gasteiger partial charge in [0.05, 0.1) is 19.3 Å². The summed E-state index contributed by atoms with van der Waals surface area (Å²) in [6.45, 7) is 2.12. The van der Waals surface area contributed by atoms with Crippen molar-refractivity contribution in [2.45, 2.75) is 18.9 Å². The molecule has 1 aromatic rings. The SMILES string of the molecule is COc1ccnn1C1CCCNC1. The van der Waals surface area contributed by atoms with Gasteiger partial charge in [0.25, 0.3) is 0 Å². The van der Waals surface area contributed by atoms with Crippen LogP contribution in [-0.4, -0.2) is 30.0 Å². The fraction of sp³-hybridized carbons (Fsp3) is 0.667. The zero-order valence-electron chi connectivity index (χ0n) is 7.86. The highest BCUT2D eigenvalue weighted by atomic mass is 16.5. The predicted molar refractivity (Wildman–Crippen MR) is 49.9 cm³/mol. The van der Waals surface area contributed by atoms with Gasteiger partial charge in [0.2, 0.25) is 5.88 Å². The molecule has 0 spiro atoms. The quantitative estimate of drug-likeness (QED) is 0.734. The molecule has 1 aliphatic rings. The van der Waals surface area contributed by atoms with Crippen molar-refractivity contribution < 1.29 is 4.74 Å². The van der Waals surface area contributed by atoms with E-state index in [4.69, 9.17) is 4.74 Å². The van der Waals surface area contributed by atoms with Crippen LogP contribution in [0.4, 0.5) is 0 Å². The Morgan fingerprint density at radius 1 is 1.69 bits per heavy atom. The van der Waals surface area contributed by atoms with E-state index in [0.717, 1.165) is 19.0 Å². The first-order valence-electron chi connectivity index (χ1n) is 4.70. The van der Waals surface area contributed by atoms with Gasteiger partial charge in [-0.05, 0) is 19.4 Å². The minimum atomic E-state index is 0.457. The van der Waals surface area contributed by atoms with Gasteiger partial charge >= 0.3 is 0 Å². The third-order valence-corrected chi connectivity index (χ3v) is 2.46. The third-order valence-electron chi connectivity index (χ3n) is 2.46. The highest BCUT2D eigenvalue weighted by Crippen LogP contribution is 2.21. The third kappa shape index (κ3) is 1.67. The van der Waals surface area contributed by atoms with Crippen molar-refractivity contribution in [1.82, 2.24) is 15.1 Å². The second kappa shape index (κ2) is 3.79. The molecule has 0 aromatic carbocycles. The molecule has 0 bridgehead atoms. The highest BCUT2D eigenvalue weighted by Gasteiger charge is 2.17. The van der Waals surface area contributed by atoms with Crippen molar-refractivity contribution in [1.29, 1.82) is 0 Å². The van der Waals surface area contributed by atoms with Gasteiger partial charge < -0.3 is 10.1 Å². The first kappa shape index (κ1) is 8.56. The summed E-state index contributed by atoms with van der Waals surface area (Å²) in [5, 5.41) is 7.62. The fourth-order valence-electron chi connectivity index (χ4n) is 1.78. The molecule has 13 heavy (non-hydrogen) atoms. The van der Waals surface area contributed by atoms with E-state index < -0.39 is 0 Å². The zero-order chi connectivity index (χ0) is 9.10. The van der Waals surface area contributed by atoms with Crippen LogP contribution in [0, 0.1) is 0 Å². The maximum absolute atomic E-state index is 5.21. The summed E-state index contributed by atoms with van der Waals surface area (Å²) in [6.07, 6.45) is 4.19. The van der Waals surface area contributed by atoms with Crippen LogP contribution >= 0.6 is 0 Å². The Morgan fingerprint density at radius 3 is 3.31 bits per heavy atom. The fourth-order valence-corrected chi connectivity index (χ4v) is 1.78. The topological polar surface area (TPSA) is 39.1 Å². The number of aromatic nitrogens is 2. The summed E-state index contributed by atoms with van der Waals surface area (Å²) in [5.74, 6) is 0.855. The van der Waals surface area contributed by atoms with Crippen molar-refractivity contribution in [3.8, 4) is 5.88 Å². The van der Waals surface area contributed by atoms with Gasteiger partial charge in [-0.2, -0.15) is 5.10 Å². The van der Waals surface area contributed by atoms with Gasteiger partial charge in [0.1, 0.15) is 0 Å². The van der Waals surface area contributed by atoms with Crippen LogP contribution in [0.2, 0.25) is 0 Å². The lowest BCUT2D eigenvalue weighted by Gasteiger charge is -2.24. The molecule has 0 saturated carbocycles. The molecule has 1 saturated heterocycles. The number of nitrogens with one attached hydrogen (secondary N) is 1. The van der Waals surface area contributed by atoms with E-state index in [1.165, 1.54) is 12.8 Å². The minimum absolute atomic E-state index is 0.457. The Bertz CT molecular complexity index is 266. The molecule has 2 heterocycles. The van der Waals surface area contributed by atoms with Crippen LogP contribution in [0.25, 0.3) is 0 Å². The number of piperidine rings is 1. The number of hydrogen-bond donors (Lipinski definition) is 1. The lowest BCUT2D eigenvalue weighted by atomic mass is 10.1. The van der Waals surface area contributed by atoms with Gasteiger partial charge in [-0.1, -0.05) is 0 Å². The Kier molecular flexibility index (Phi) is 2.49. The summed E-state index contributed by atoms with van der Waals surface area (Å²) < 4.78 is 7.18. The number of methoxy groups -OCH3 is 1. The van der Waals surface area contributed by atoms with E-state index in [-0.39, 0.29) is 0 Å². The van der Waals surface area contributed by atoms with Gasteiger partial charge in [-0.15, -0.1) is 0 Å². The van der Waals surface area contributed by atoms with Gasteiger partial charge in [-0.25, -0.2) is 4.68 Å².